The molecule has 5 heteroatoms. The number of thiophene rings is 1. The van der Waals surface area contributed by atoms with Crippen LogP contribution in [0.15, 0.2) is 37.4 Å². The van der Waals surface area contributed by atoms with Gasteiger partial charge in [0.2, 0.25) is 0 Å². The summed E-state index contributed by atoms with van der Waals surface area (Å²) >= 11 is 7.41. The van der Waals surface area contributed by atoms with E-state index in [2.05, 4.69) is 45.1 Å². The highest BCUT2D eigenvalue weighted by atomic mass is 35.5. The topological polar surface area (TPSA) is 57.5 Å². The molecule has 1 aliphatic rings. The van der Waals surface area contributed by atoms with Crippen molar-refractivity contribution in [3.05, 3.63) is 47.2 Å². The Bertz CT molecular complexity index is 592. The molecule has 30 heavy (non-hydrogen) atoms. The third kappa shape index (κ3) is 16.3. The van der Waals surface area contributed by atoms with Gasteiger partial charge in [-0.05, 0) is 69.9 Å². The highest BCUT2D eigenvalue weighted by Crippen LogP contribution is 2.30. The van der Waals surface area contributed by atoms with Crippen molar-refractivity contribution < 1.29 is 15.0 Å². The number of halogens is 1. The molecule has 1 aromatic rings. The van der Waals surface area contributed by atoms with Gasteiger partial charge in [-0.15, -0.1) is 48.9 Å². The minimum atomic E-state index is -0.822. The predicted octanol–water partition coefficient (Wildman–Crippen LogP) is 7.34. The molecule has 0 unspecified atom stereocenters. The molecule has 0 saturated heterocycles. The third-order valence-corrected chi connectivity index (χ3v) is 5.96. The molecule has 0 radical (unpaired) electrons. The highest BCUT2D eigenvalue weighted by Gasteiger charge is 2.19. The fourth-order valence-electron chi connectivity index (χ4n) is 3.00. The minimum absolute atomic E-state index is 0.138. The average molecular weight is 455 g/mol. The van der Waals surface area contributed by atoms with Crippen molar-refractivity contribution in [2.24, 2.45) is 5.92 Å². The SMILES string of the molecule is C#C.C=C.CCCc1ccc(C(=O)O)s1.C[C@@H](O)CCCC/C=C/[C@H]1CC[C@@H](Cl)C1. The van der Waals surface area contributed by atoms with Gasteiger partial charge in [-0.1, -0.05) is 31.9 Å². The van der Waals surface area contributed by atoms with Crippen molar-refractivity contribution >= 4 is 28.9 Å². The van der Waals surface area contributed by atoms with E-state index in [-0.39, 0.29) is 6.10 Å². The van der Waals surface area contributed by atoms with E-state index in [0.717, 1.165) is 49.3 Å². The van der Waals surface area contributed by atoms with Crippen LogP contribution < -0.4 is 0 Å². The van der Waals surface area contributed by atoms with Gasteiger partial charge in [0.15, 0.2) is 0 Å². The quantitative estimate of drug-likeness (QED) is 0.177. The van der Waals surface area contributed by atoms with Crippen LogP contribution in [0.5, 0.6) is 0 Å². The smallest absolute Gasteiger partial charge is 0.345 e. The number of aryl methyl sites for hydroxylation is 1. The molecule has 0 aliphatic heterocycles. The Morgan fingerprint density at radius 3 is 2.47 bits per heavy atom. The van der Waals surface area contributed by atoms with Crippen LogP contribution in [0.2, 0.25) is 0 Å². The number of aromatic carboxylic acids is 1. The van der Waals surface area contributed by atoms with Crippen LogP contribution >= 0.6 is 22.9 Å². The number of rotatable bonds is 9. The molecular formula is C25H39ClO3S. The number of unbranched alkanes of at least 4 members (excludes halogenated alkanes) is 2. The second-order valence-electron chi connectivity index (χ2n) is 7.05. The summed E-state index contributed by atoms with van der Waals surface area (Å²) in [6.45, 7) is 9.94. The monoisotopic (exact) mass is 454 g/mol. The van der Waals surface area contributed by atoms with Gasteiger partial charge in [-0.25, -0.2) is 4.79 Å². The number of hydrogen-bond donors (Lipinski definition) is 2. The fourth-order valence-corrected chi connectivity index (χ4v) is 4.30. The molecule has 1 saturated carbocycles. The lowest BCUT2D eigenvalue weighted by molar-refractivity contribution is 0.0702. The third-order valence-electron chi connectivity index (χ3n) is 4.43. The molecule has 170 valence electrons. The van der Waals surface area contributed by atoms with E-state index in [0.29, 0.717) is 10.3 Å². The number of carboxylic acids is 1. The lowest BCUT2D eigenvalue weighted by atomic mass is 10.1. The second-order valence-corrected chi connectivity index (χ2v) is 8.84. The van der Waals surface area contributed by atoms with E-state index < -0.39 is 5.97 Å². The van der Waals surface area contributed by atoms with Crippen LogP contribution in [-0.2, 0) is 6.42 Å². The molecule has 2 rings (SSSR count). The Morgan fingerprint density at radius 1 is 1.33 bits per heavy atom. The summed E-state index contributed by atoms with van der Waals surface area (Å²) in [4.78, 5) is 12.0. The fraction of sp³-hybridized carbons (Fsp3) is 0.560. The van der Waals surface area contributed by atoms with E-state index in [1.54, 1.807) is 6.07 Å². The molecule has 1 aromatic heterocycles. The second kappa shape index (κ2) is 20.7. The number of terminal acetylenes is 1. The number of carbonyl (C=O) groups is 1. The first-order valence-corrected chi connectivity index (χ1v) is 11.8. The first-order chi connectivity index (χ1) is 14.4. The van der Waals surface area contributed by atoms with Crippen molar-refractivity contribution in [1.82, 2.24) is 0 Å². The molecule has 1 heterocycles. The average Bonchev–Trinajstić information content (AvgIpc) is 3.37. The Labute approximate surface area is 192 Å². The summed E-state index contributed by atoms with van der Waals surface area (Å²) in [5.41, 5.74) is 0. The van der Waals surface area contributed by atoms with Crippen molar-refractivity contribution in [3.63, 3.8) is 0 Å². The van der Waals surface area contributed by atoms with Crippen LogP contribution in [0.1, 0.15) is 79.8 Å². The Kier molecular flexibility index (Phi) is 21.2. The number of hydrogen-bond acceptors (Lipinski definition) is 3. The highest BCUT2D eigenvalue weighted by molar-refractivity contribution is 7.13. The largest absolute Gasteiger partial charge is 0.477 e. The van der Waals surface area contributed by atoms with Crippen LogP contribution in [0, 0.1) is 18.8 Å². The Hall–Kier alpha value is -1.54. The maximum atomic E-state index is 10.4. The van der Waals surface area contributed by atoms with Gasteiger partial charge in [-0.2, -0.15) is 0 Å². The van der Waals surface area contributed by atoms with Crippen molar-refractivity contribution in [2.75, 3.05) is 0 Å². The van der Waals surface area contributed by atoms with E-state index in [1.165, 1.54) is 30.6 Å². The molecule has 2 N–H and O–H groups in total. The summed E-state index contributed by atoms with van der Waals surface area (Å²) < 4.78 is 0. The Morgan fingerprint density at radius 2 is 2.00 bits per heavy atom. The van der Waals surface area contributed by atoms with Crippen LogP contribution in [0.25, 0.3) is 0 Å². The first kappa shape index (κ1) is 30.7. The summed E-state index contributed by atoms with van der Waals surface area (Å²) in [6, 6.07) is 3.55. The molecule has 0 amide bonds. The van der Waals surface area contributed by atoms with Crippen molar-refractivity contribution in [2.45, 2.75) is 83.1 Å². The van der Waals surface area contributed by atoms with Crippen LogP contribution in [-0.4, -0.2) is 27.7 Å². The zero-order chi connectivity index (χ0) is 23.4. The van der Waals surface area contributed by atoms with Crippen LogP contribution in [0.3, 0.4) is 0 Å². The molecule has 0 bridgehead atoms. The Balaban J connectivity index is 0. The molecular weight excluding hydrogens is 416 g/mol. The number of carboxylic acid groups (broad SMARTS) is 1. The molecule has 1 fully saturated rings. The predicted molar refractivity (Wildman–Crippen MR) is 133 cm³/mol. The van der Waals surface area contributed by atoms with Gasteiger partial charge in [-0.3, -0.25) is 0 Å². The molecule has 0 spiro atoms. The molecule has 1 aliphatic carbocycles. The van der Waals surface area contributed by atoms with Gasteiger partial charge >= 0.3 is 5.97 Å². The molecule has 0 aromatic carbocycles. The molecule has 3 atom stereocenters. The lowest BCUT2D eigenvalue weighted by Gasteiger charge is -2.03. The zero-order valence-corrected chi connectivity index (χ0v) is 20.1. The normalized spacial score (nSPS) is 18.2. The number of aliphatic hydroxyl groups is 1. The van der Waals surface area contributed by atoms with Gasteiger partial charge in [0, 0.05) is 10.3 Å². The maximum absolute atomic E-state index is 10.4. The zero-order valence-electron chi connectivity index (χ0n) is 18.6. The number of allylic oxidation sites excluding steroid dienone is 2. The summed E-state index contributed by atoms with van der Waals surface area (Å²) in [5, 5.41) is 18.1. The van der Waals surface area contributed by atoms with Gasteiger partial charge < -0.3 is 10.2 Å². The number of aliphatic hydroxyl groups excluding tert-OH is 1. The first-order valence-electron chi connectivity index (χ1n) is 10.6. The molecule has 3 nitrogen and oxygen atoms in total. The van der Waals surface area contributed by atoms with Gasteiger partial charge in [0.05, 0.1) is 6.10 Å². The van der Waals surface area contributed by atoms with E-state index in [1.807, 2.05) is 13.0 Å². The van der Waals surface area contributed by atoms with Crippen molar-refractivity contribution in [1.29, 1.82) is 0 Å². The summed E-state index contributed by atoms with van der Waals surface area (Å²) in [5.74, 6) is -0.0957. The maximum Gasteiger partial charge on any atom is 0.345 e. The summed E-state index contributed by atoms with van der Waals surface area (Å²) in [6.07, 6.45) is 22.5. The minimum Gasteiger partial charge on any atom is -0.477 e. The van der Waals surface area contributed by atoms with Crippen molar-refractivity contribution in [3.8, 4) is 12.8 Å². The van der Waals surface area contributed by atoms with E-state index in [9.17, 15) is 4.79 Å². The van der Waals surface area contributed by atoms with Gasteiger partial charge in [0.1, 0.15) is 4.88 Å². The van der Waals surface area contributed by atoms with E-state index >= 15 is 0 Å². The standard InChI is InChI=1S/C13H23ClO.C8H10O2S.C2H4.C2H2/c1-11(15)6-4-2-3-5-7-12-8-9-13(14)10-12;1-2-3-6-4-5-7(11-6)8(9)10;2*1-2/h5,7,11-13,15H,2-4,6,8-10H2,1H3;4-5H,2-3H2,1H3,(H,9,10);1-2H2;1-2H/b7-5+;;;/t11-,12+,13-;;;/m1.../s1. The van der Waals surface area contributed by atoms with Crippen LogP contribution in [0.4, 0.5) is 0 Å². The number of alkyl halides is 1. The van der Waals surface area contributed by atoms with Gasteiger partial charge in [0.25, 0.3) is 0 Å². The summed E-state index contributed by atoms with van der Waals surface area (Å²) in [7, 11) is 0. The lowest BCUT2D eigenvalue weighted by Crippen LogP contribution is -1.97. The van der Waals surface area contributed by atoms with E-state index in [4.69, 9.17) is 21.8 Å².